The first-order chi connectivity index (χ1) is 7.84. The Balaban J connectivity index is 2.55. The molecule has 1 heterocycles. The predicted molar refractivity (Wildman–Crippen MR) is 62.4 cm³/mol. The Morgan fingerprint density at radius 1 is 1.41 bits per heavy atom. The molecule has 4 nitrogen and oxygen atoms in total. The van der Waals surface area contributed by atoms with Gasteiger partial charge < -0.3 is 5.32 Å². The maximum absolute atomic E-state index is 12.4. The molecule has 0 aromatic rings. The predicted octanol–water partition coefficient (Wildman–Crippen LogP) is 1.25. The summed E-state index contributed by atoms with van der Waals surface area (Å²) in [5, 5.41) is 3.21. The van der Waals surface area contributed by atoms with Gasteiger partial charge in [0.1, 0.15) is 0 Å². The van der Waals surface area contributed by atoms with Gasteiger partial charge in [-0.1, -0.05) is 13.8 Å². The highest BCUT2D eigenvalue weighted by Crippen LogP contribution is 2.22. The van der Waals surface area contributed by atoms with Crippen molar-refractivity contribution in [2.75, 3.05) is 19.6 Å². The number of sulfonamides is 1. The number of nitrogens with zero attached hydrogens (tertiary/aromatic N) is 1. The fourth-order valence-electron chi connectivity index (χ4n) is 1.94. The van der Waals surface area contributed by atoms with Gasteiger partial charge in [0, 0.05) is 19.1 Å². The van der Waals surface area contributed by atoms with Gasteiger partial charge in [0.25, 0.3) is 10.0 Å². The van der Waals surface area contributed by atoms with Crippen molar-refractivity contribution in [3.8, 4) is 0 Å². The fourth-order valence-corrected chi connectivity index (χ4v) is 2.97. The van der Waals surface area contributed by atoms with Crippen LogP contribution in [0.5, 0.6) is 0 Å². The van der Waals surface area contributed by atoms with Crippen LogP contribution < -0.4 is 5.32 Å². The quantitative estimate of drug-likeness (QED) is 0.818. The molecular formula is C10H20F2N2O2S. The molecule has 1 aliphatic rings. The zero-order chi connectivity index (χ0) is 13.1. The number of hydrogen-bond donors (Lipinski definition) is 1. The lowest BCUT2D eigenvalue weighted by Crippen LogP contribution is -2.45. The molecule has 1 unspecified atom stereocenters. The third-order valence-corrected chi connectivity index (χ3v) is 4.38. The van der Waals surface area contributed by atoms with Crippen LogP contribution in [0.2, 0.25) is 0 Å². The van der Waals surface area contributed by atoms with E-state index >= 15 is 0 Å². The molecule has 1 aliphatic heterocycles. The van der Waals surface area contributed by atoms with E-state index in [0.717, 1.165) is 10.7 Å². The lowest BCUT2D eigenvalue weighted by molar-refractivity contribution is 0.199. The summed E-state index contributed by atoms with van der Waals surface area (Å²) < 4.78 is 48.4. The van der Waals surface area contributed by atoms with Gasteiger partial charge in [-0.25, -0.2) is 8.42 Å². The van der Waals surface area contributed by atoms with Crippen molar-refractivity contribution in [2.24, 2.45) is 5.92 Å². The van der Waals surface area contributed by atoms with E-state index in [4.69, 9.17) is 0 Å². The van der Waals surface area contributed by atoms with Crippen molar-refractivity contribution in [1.82, 2.24) is 9.62 Å². The second-order valence-corrected chi connectivity index (χ2v) is 6.64. The lowest BCUT2D eigenvalue weighted by atomic mass is 9.99. The summed E-state index contributed by atoms with van der Waals surface area (Å²) in [4.78, 5) is 0. The Kier molecular flexibility index (Phi) is 5.27. The molecule has 7 heteroatoms. The van der Waals surface area contributed by atoms with E-state index in [9.17, 15) is 17.2 Å². The average Bonchev–Trinajstić information content (AvgIpc) is 2.26. The fraction of sp³-hybridized carbons (Fsp3) is 1.00. The molecule has 1 rings (SSSR count). The van der Waals surface area contributed by atoms with Crippen LogP contribution in [0, 0.1) is 5.92 Å². The third kappa shape index (κ3) is 4.15. The highest BCUT2D eigenvalue weighted by Gasteiger charge is 2.35. The van der Waals surface area contributed by atoms with E-state index < -0.39 is 15.8 Å². The molecule has 0 radical (unpaired) electrons. The van der Waals surface area contributed by atoms with Crippen LogP contribution in [0.15, 0.2) is 0 Å². The van der Waals surface area contributed by atoms with Crippen molar-refractivity contribution < 1.29 is 17.2 Å². The van der Waals surface area contributed by atoms with Crippen LogP contribution in [0.3, 0.4) is 0 Å². The molecule has 0 amide bonds. The minimum absolute atomic E-state index is 0.125. The minimum atomic E-state index is -4.40. The SMILES string of the molecule is CC(C)NCC1CCCN(S(=O)(=O)C(F)F)C1. The van der Waals surface area contributed by atoms with Crippen molar-refractivity contribution in [3.05, 3.63) is 0 Å². The van der Waals surface area contributed by atoms with E-state index in [1.54, 1.807) is 0 Å². The highest BCUT2D eigenvalue weighted by atomic mass is 32.2. The smallest absolute Gasteiger partial charge is 0.314 e. The number of nitrogens with one attached hydrogen (secondary N) is 1. The topological polar surface area (TPSA) is 49.4 Å². The van der Waals surface area contributed by atoms with Crippen LogP contribution >= 0.6 is 0 Å². The third-order valence-electron chi connectivity index (χ3n) is 2.88. The van der Waals surface area contributed by atoms with Crippen molar-refractivity contribution >= 4 is 10.0 Å². The summed E-state index contributed by atoms with van der Waals surface area (Å²) >= 11 is 0. The van der Waals surface area contributed by atoms with Crippen LogP contribution in [-0.4, -0.2) is 44.2 Å². The Hall–Kier alpha value is -0.270. The Morgan fingerprint density at radius 2 is 2.06 bits per heavy atom. The van der Waals surface area contributed by atoms with Crippen LogP contribution in [0.4, 0.5) is 8.78 Å². The average molecular weight is 270 g/mol. The first-order valence-corrected chi connectivity index (χ1v) is 7.35. The molecular weight excluding hydrogens is 250 g/mol. The first-order valence-electron chi connectivity index (χ1n) is 5.84. The molecule has 0 aromatic heterocycles. The van der Waals surface area contributed by atoms with Gasteiger partial charge in [0.2, 0.25) is 0 Å². The Labute approximate surface area is 101 Å². The standard InChI is InChI=1S/C10H20F2N2O2S/c1-8(2)13-6-9-4-3-5-14(7-9)17(15,16)10(11)12/h8-10,13H,3-7H2,1-2H3. The Morgan fingerprint density at radius 3 is 2.59 bits per heavy atom. The molecule has 102 valence electrons. The largest absolute Gasteiger partial charge is 0.350 e. The summed E-state index contributed by atoms with van der Waals surface area (Å²) in [6, 6.07) is 0.317. The summed E-state index contributed by atoms with van der Waals surface area (Å²) in [7, 11) is -4.40. The molecule has 1 fully saturated rings. The summed E-state index contributed by atoms with van der Waals surface area (Å²) in [5.41, 5.74) is 0. The van der Waals surface area contributed by atoms with Crippen molar-refractivity contribution in [1.29, 1.82) is 0 Å². The van der Waals surface area contributed by atoms with Gasteiger partial charge in [-0.15, -0.1) is 0 Å². The van der Waals surface area contributed by atoms with Gasteiger partial charge in [-0.3, -0.25) is 0 Å². The molecule has 0 saturated carbocycles. The van der Waals surface area contributed by atoms with E-state index in [1.165, 1.54) is 0 Å². The molecule has 1 N–H and O–H groups in total. The van der Waals surface area contributed by atoms with E-state index in [2.05, 4.69) is 5.32 Å². The molecule has 0 bridgehead atoms. The molecule has 0 spiro atoms. The van der Waals surface area contributed by atoms with Crippen LogP contribution in [-0.2, 0) is 10.0 Å². The summed E-state index contributed by atoms with van der Waals surface area (Å²) in [5.74, 6) is -3.18. The van der Waals surface area contributed by atoms with Crippen molar-refractivity contribution in [3.63, 3.8) is 0 Å². The van der Waals surface area contributed by atoms with Gasteiger partial charge in [0.05, 0.1) is 0 Å². The zero-order valence-corrected chi connectivity index (χ0v) is 11.0. The van der Waals surface area contributed by atoms with E-state index in [-0.39, 0.29) is 19.0 Å². The zero-order valence-electron chi connectivity index (χ0n) is 10.2. The number of rotatable bonds is 5. The number of halogens is 2. The van der Waals surface area contributed by atoms with Gasteiger partial charge >= 0.3 is 5.76 Å². The van der Waals surface area contributed by atoms with Gasteiger partial charge in [0.15, 0.2) is 0 Å². The summed E-state index contributed by atoms with van der Waals surface area (Å²) in [6.07, 6.45) is 1.53. The molecule has 0 aliphatic carbocycles. The molecule has 0 aromatic carbocycles. The van der Waals surface area contributed by atoms with E-state index in [0.29, 0.717) is 19.0 Å². The molecule has 1 atom stereocenters. The number of piperidine rings is 1. The summed E-state index contributed by atoms with van der Waals surface area (Å²) in [6.45, 7) is 5.08. The van der Waals surface area contributed by atoms with Gasteiger partial charge in [-0.05, 0) is 25.3 Å². The van der Waals surface area contributed by atoms with Gasteiger partial charge in [-0.2, -0.15) is 13.1 Å². The number of hydrogen-bond acceptors (Lipinski definition) is 3. The molecule has 1 saturated heterocycles. The minimum Gasteiger partial charge on any atom is -0.314 e. The monoisotopic (exact) mass is 270 g/mol. The lowest BCUT2D eigenvalue weighted by Gasteiger charge is -2.32. The first kappa shape index (κ1) is 14.8. The van der Waals surface area contributed by atoms with Crippen LogP contribution in [0.25, 0.3) is 0 Å². The maximum Gasteiger partial charge on any atom is 0.350 e. The second kappa shape index (κ2) is 6.06. The number of alkyl halides is 2. The second-order valence-electron chi connectivity index (χ2n) is 4.73. The normalized spacial score (nSPS) is 23.5. The van der Waals surface area contributed by atoms with Crippen molar-refractivity contribution in [2.45, 2.75) is 38.5 Å². The maximum atomic E-state index is 12.4. The highest BCUT2D eigenvalue weighted by molar-refractivity contribution is 7.89. The Bertz CT molecular complexity index is 333. The molecule has 17 heavy (non-hydrogen) atoms. The van der Waals surface area contributed by atoms with E-state index in [1.807, 2.05) is 13.8 Å². The van der Waals surface area contributed by atoms with Crippen LogP contribution in [0.1, 0.15) is 26.7 Å².